The third kappa shape index (κ3) is 3.25. The van der Waals surface area contributed by atoms with Crippen molar-refractivity contribution in [3.63, 3.8) is 0 Å². The van der Waals surface area contributed by atoms with Crippen LogP contribution < -0.4 is 0 Å². The molecule has 1 aliphatic carbocycles. The van der Waals surface area contributed by atoms with E-state index < -0.39 is 0 Å². The minimum absolute atomic E-state index is 0.0199. The van der Waals surface area contributed by atoms with Gasteiger partial charge >= 0.3 is 0 Å². The van der Waals surface area contributed by atoms with Crippen LogP contribution >= 0.6 is 0 Å². The first-order valence-corrected chi connectivity index (χ1v) is 5.69. The number of nitrogens with zero attached hydrogens (tertiary/aromatic N) is 1. The molecule has 0 aromatic rings. The summed E-state index contributed by atoms with van der Waals surface area (Å²) in [5.41, 5.74) is 0.0199. The highest BCUT2D eigenvalue weighted by molar-refractivity contribution is 4.89. The van der Waals surface area contributed by atoms with E-state index in [0.29, 0.717) is 12.1 Å². The molecular formula is C12H25NO. The van der Waals surface area contributed by atoms with Crippen molar-refractivity contribution >= 4 is 0 Å². The van der Waals surface area contributed by atoms with Crippen molar-refractivity contribution in [2.75, 3.05) is 7.05 Å². The predicted molar refractivity (Wildman–Crippen MR) is 60.5 cm³/mol. The van der Waals surface area contributed by atoms with E-state index in [1.165, 1.54) is 12.8 Å². The molecule has 0 amide bonds. The first kappa shape index (κ1) is 12.0. The van der Waals surface area contributed by atoms with Gasteiger partial charge < -0.3 is 9.64 Å². The van der Waals surface area contributed by atoms with Crippen molar-refractivity contribution in [1.82, 2.24) is 4.90 Å². The summed E-state index contributed by atoms with van der Waals surface area (Å²) in [6, 6.07) is 1.39. The van der Waals surface area contributed by atoms with Gasteiger partial charge in [-0.25, -0.2) is 0 Å². The molecule has 0 saturated heterocycles. The van der Waals surface area contributed by atoms with Gasteiger partial charge in [0.05, 0.1) is 11.7 Å². The Balaban J connectivity index is 2.24. The standard InChI is InChI=1S/C12H25NO/c1-9(2)13(6)10-7-11(8-10)14-12(3,4)5/h9-11H,7-8H2,1-6H3. The summed E-state index contributed by atoms with van der Waals surface area (Å²) in [5.74, 6) is 0. The van der Waals surface area contributed by atoms with Gasteiger partial charge in [0, 0.05) is 12.1 Å². The van der Waals surface area contributed by atoms with Gasteiger partial charge in [-0.1, -0.05) is 0 Å². The monoisotopic (exact) mass is 199 g/mol. The van der Waals surface area contributed by atoms with Crippen molar-refractivity contribution in [3.8, 4) is 0 Å². The van der Waals surface area contributed by atoms with E-state index in [9.17, 15) is 0 Å². The molecule has 0 unspecified atom stereocenters. The van der Waals surface area contributed by atoms with Crippen LogP contribution in [0.3, 0.4) is 0 Å². The Kier molecular flexibility index (Phi) is 3.59. The van der Waals surface area contributed by atoms with Crippen LogP contribution in [0.2, 0.25) is 0 Å². The molecular weight excluding hydrogens is 174 g/mol. The third-order valence-corrected chi connectivity index (χ3v) is 2.98. The summed E-state index contributed by atoms with van der Waals surface area (Å²) in [6.07, 6.45) is 2.89. The maximum absolute atomic E-state index is 5.91. The van der Waals surface area contributed by atoms with Crippen LogP contribution in [0.5, 0.6) is 0 Å². The van der Waals surface area contributed by atoms with Gasteiger partial charge in [-0.15, -0.1) is 0 Å². The quantitative estimate of drug-likeness (QED) is 0.693. The van der Waals surface area contributed by atoms with Crippen LogP contribution in [-0.2, 0) is 4.74 Å². The molecule has 1 saturated carbocycles. The Morgan fingerprint density at radius 1 is 1.21 bits per heavy atom. The van der Waals surface area contributed by atoms with E-state index in [-0.39, 0.29) is 5.60 Å². The number of ether oxygens (including phenoxy) is 1. The fraction of sp³-hybridized carbons (Fsp3) is 1.00. The Hall–Kier alpha value is -0.0800. The van der Waals surface area contributed by atoms with E-state index in [2.05, 4.69) is 46.6 Å². The topological polar surface area (TPSA) is 12.5 Å². The van der Waals surface area contributed by atoms with Crippen LogP contribution in [0.1, 0.15) is 47.5 Å². The second-order valence-corrected chi connectivity index (χ2v) is 5.74. The van der Waals surface area contributed by atoms with Gasteiger partial charge in [0.2, 0.25) is 0 Å². The Morgan fingerprint density at radius 3 is 2.07 bits per heavy atom. The molecule has 84 valence electrons. The molecule has 0 radical (unpaired) electrons. The van der Waals surface area contributed by atoms with Gasteiger partial charge in [0.1, 0.15) is 0 Å². The molecule has 2 nitrogen and oxygen atoms in total. The third-order valence-electron chi connectivity index (χ3n) is 2.98. The van der Waals surface area contributed by atoms with Crippen molar-refractivity contribution in [2.45, 2.75) is 71.2 Å². The molecule has 2 heteroatoms. The van der Waals surface area contributed by atoms with Gasteiger partial charge in [0.15, 0.2) is 0 Å². The highest BCUT2D eigenvalue weighted by Gasteiger charge is 2.35. The SMILES string of the molecule is CC(C)N(C)C1CC(OC(C)(C)C)C1. The van der Waals surface area contributed by atoms with E-state index >= 15 is 0 Å². The van der Waals surface area contributed by atoms with E-state index in [4.69, 9.17) is 4.74 Å². The molecule has 0 N–H and O–H groups in total. The molecule has 0 heterocycles. The lowest BCUT2D eigenvalue weighted by atomic mass is 9.87. The molecule has 0 bridgehead atoms. The van der Waals surface area contributed by atoms with Crippen LogP contribution in [0.15, 0.2) is 0 Å². The largest absolute Gasteiger partial charge is 0.373 e. The van der Waals surface area contributed by atoms with Crippen molar-refractivity contribution in [3.05, 3.63) is 0 Å². The fourth-order valence-electron chi connectivity index (χ4n) is 1.89. The zero-order chi connectivity index (χ0) is 10.9. The zero-order valence-electron chi connectivity index (χ0n) is 10.5. The Labute approximate surface area is 88.6 Å². The first-order chi connectivity index (χ1) is 6.29. The number of hydrogen-bond acceptors (Lipinski definition) is 2. The molecule has 0 aromatic carbocycles. The normalized spacial score (nSPS) is 28.3. The smallest absolute Gasteiger partial charge is 0.0612 e. The lowest BCUT2D eigenvalue weighted by Crippen LogP contribution is -2.50. The average Bonchev–Trinajstić information content (AvgIpc) is 1.92. The van der Waals surface area contributed by atoms with Crippen LogP contribution in [0.25, 0.3) is 0 Å². The summed E-state index contributed by atoms with van der Waals surface area (Å²) in [7, 11) is 2.21. The molecule has 0 aromatic heterocycles. The van der Waals surface area contributed by atoms with Crippen molar-refractivity contribution in [2.24, 2.45) is 0 Å². The van der Waals surface area contributed by atoms with Crippen LogP contribution in [0, 0.1) is 0 Å². The molecule has 1 fully saturated rings. The van der Waals surface area contributed by atoms with E-state index in [1.54, 1.807) is 0 Å². The molecule has 0 aliphatic heterocycles. The van der Waals surface area contributed by atoms with Gasteiger partial charge in [0.25, 0.3) is 0 Å². The second-order valence-electron chi connectivity index (χ2n) is 5.74. The molecule has 0 spiro atoms. The summed E-state index contributed by atoms with van der Waals surface area (Å²) in [5, 5.41) is 0. The molecule has 0 atom stereocenters. The number of hydrogen-bond donors (Lipinski definition) is 0. The Bertz CT molecular complexity index is 177. The lowest BCUT2D eigenvalue weighted by molar-refractivity contribution is -0.120. The van der Waals surface area contributed by atoms with Gasteiger partial charge in [-0.2, -0.15) is 0 Å². The molecule has 1 rings (SSSR count). The molecule has 1 aliphatic rings. The summed E-state index contributed by atoms with van der Waals surface area (Å²) < 4.78 is 5.91. The summed E-state index contributed by atoms with van der Waals surface area (Å²) in [4.78, 5) is 2.45. The predicted octanol–water partition coefficient (Wildman–Crippen LogP) is 2.67. The van der Waals surface area contributed by atoms with Gasteiger partial charge in [-0.05, 0) is 54.5 Å². The first-order valence-electron chi connectivity index (χ1n) is 5.69. The maximum atomic E-state index is 5.91. The minimum Gasteiger partial charge on any atom is -0.373 e. The lowest BCUT2D eigenvalue weighted by Gasteiger charge is -2.45. The zero-order valence-corrected chi connectivity index (χ0v) is 10.5. The summed E-state index contributed by atoms with van der Waals surface area (Å²) in [6.45, 7) is 10.9. The maximum Gasteiger partial charge on any atom is 0.0612 e. The molecule has 14 heavy (non-hydrogen) atoms. The van der Waals surface area contributed by atoms with Crippen LogP contribution in [-0.4, -0.2) is 35.7 Å². The van der Waals surface area contributed by atoms with Crippen molar-refractivity contribution < 1.29 is 4.74 Å². The highest BCUT2D eigenvalue weighted by atomic mass is 16.5. The average molecular weight is 199 g/mol. The number of rotatable bonds is 3. The highest BCUT2D eigenvalue weighted by Crippen LogP contribution is 2.31. The van der Waals surface area contributed by atoms with Crippen molar-refractivity contribution in [1.29, 1.82) is 0 Å². The fourth-order valence-corrected chi connectivity index (χ4v) is 1.89. The van der Waals surface area contributed by atoms with Gasteiger partial charge in [-0.3, -0.25) is 0 Å². The second kappa shape index (κ2) is 4.19. The Morgan fingerprint density at radius 2 is 1.71 bits per heavy atom. The van der Waals surface area contributed by atoms with Crippen LogP contribution in [0.4, 0.5) is 0 Å². The summed E-state index contributed by atoms with van der Waals surface area (Å²) >= 11 is 0. The van der Waals surface area contributed by atoms with E-state index in [1.807, 2.05) is 0 Å². The minimum atomic E-state index is 0.0199. The van der Waals surface area contributed by atoms with E-state index in [0.717, 1.165) is 6.04 Å².